The van der Waals surface area contributed by atoms with Gasteiger partial charge in [0.15, 0.2) is 0 Å². The van der Waals surface area contributed by atoms with Gasteiger partial charge in [0.05, 0.1) is 18.8 Å². The number of halogens is 2. The van der Waals surface area contributed by atoms with E-state index < -0.39 is 5.37 Å². The van der Waals surface area contributed by atoms with Crippen LogP contribution < -0.4 is 5.06 Å². The summed E-state index contributed by atoms with van der Waals surface area (Å²) >= 11 is 8.93. The van der Waals surface area contributed by atoms with Crippen LogP contribution in [0.3, 0.4) is 0 Å². The molecule has 1 heterocycles. The number of hydrogen-bond donors (Lipinski definition) is 0. The van der Waals surface area contributed by atoms with Crippen molar-refractivity contribution in [3.63, 3.8) is 0 Å². The van der Waals surface area contributed by atoms with Crippen LogP contribution in [0.2, 0.25) is 0 Å². The largest absolute Gasteiger partial charge is 0.445 e. The predicted molar refractivity (Wildman–Crippen MR) is 99.7 cm³/mol. The third-order valence-electron chi connectivity index (χ3n) is 3.35. The van der Waals surface area contributed by atoms with Crippen LogP contribution in [0.25, 0.3) is 0 Å². The molecule has 8 heteroatoms. The summed E-state index contributed by atoms with van der Waals surface area (Å²) in [6.45, 7) is 4.87. The van der Waals surface area contributed by atoms with E-state index in [9.17, 15) is 9.59 Å². The SMILES string of the molecule is C=CCON(C(=O)Cl)c1cccc(COC(=O)N2CCC=C(Br)C2)c1. The zero-order valence-corrected chi connectivity index (χ0v) is 15.8. The minimum absolute atomic E-state index is 0.0796. The van der Waals surface area contributed by atoms with E-state index in [2.05, 4.69) is 22.5 Å². The highest BCUT2D eigenvalue weighted by Crippen LogP contribution is 2.20. The first kappa shape index (κ1) is 19.5. The van der Waals surface area contributed by atoms with Crippen LogP contribution in [0.15, 0.2) is 47.5 Å². The molecule has 0 bridgehead atoms. The van der Waals surface area contributed by atoms with Crippen molar-refractivity contribution in [2.24, 2.45) is 0 Å². The second kappa shape index (κ2) is 9.60. The Morgan fingerprint density at radius 2 is 2.24 bits per heavy atom. The number of nitrogens with zero attached hydrogens (tertiary/aromatic N) is 2. The van der Waals surface area contributed by atoms with E-state index in [1.807, 2.05) is 6.08 Å². The third-order valence-corrected chi connectivity index (χ3v) is 4.08. The number of hydroxylamine groups is 1. The number of amides is 2. The van der Waals surface area contributed by atoms with Crippen LogP contribution in [-0.4, -0.2) is 36.1 Å². The molecular formula is C17H18BrClN2O4. The molecule has 0 fully saturated rings. The maximum absolute atomic E-state index is 12.1. The van der Waals surface area contributed by atoms with Gasteiger partial charge in [0.2, 0.25) is 0 Å². The number of carbonyl (C=O) groups is 2. The smallest absolute Gasteiger partial charge is 0.410 e. The molecule has 25 heavy (non-hydrogen) atoms. The van der Waals surface area contributed by atoms with Crippen LogP contribution in [0, 0.1) is 0 Å². The summed E-state index contributed by atoms with van der Waals surface area (Å²) in [5.41, 5.74) is 1.15. The molecule has 6 nitrogen and oxygen atoms in total. The Bertz CT molecular complexity index is 680. The number of hydrogen-bond acceptors (Lipinski definition) is 4. The maximum Gasteiger partial charge on any atom is 0.410 e. The zero-order chi connectivity index (χ0) is 18.2. The Balaban J connectivity index is 1.98. The monoisotopic (exact) mass is 428 g/mol. The first-order valence-corrected chi connectivity index (χ1v) is 8.77. The Hall–Kier alpha value is -1.83. The number of ether oxygens (including phenoxy) is 1. The van der Waals surface area contributed by atoms with E-state index in [0.717, 1.165) is 16.0 Å². The van der Waals surface area contributed by atoms with Gasteiger partial charge in [0.1, 0.15) is 6.61 Å². The van der Waals surface area contributed by atoms with Gasteiger partial charge in [-0.05, 0) is 35.7 Å². The molecule has 0 atom stereocenters. The van der Waals surface area contributed by atoms with Crippen molar-refractivity contribution >= 4 is 44.7 Å². The molecule has 1 aromatic rings. The van der Waals surface area contributed by atoms with Gasteiger partial charge < -0.3 is 9.64 Å². The second-order valence-corrected chi connectivity index (χ2v) is 6.56. The van der Waals surface area contributed by atoms with E-state index >= 15 is 0 Å². The van der Waals surface area contributed by atoms with E-state index in [0.29, 0.717) is 24.3 Å². The first-order chi connectivity index (χ1) is 12.0. The fourth-order valence-electron chi connectivity index (χ4n) is 2.22. The van der Waals surface area contributed by atoms with Crippen LogP contribution in [0.5, 0.6) is 0 Å². The summed E-state index contributed by atoms with van der Waals surface area (Å²) in [6, 6.07) is 6.85. The third kappa shape index (κ3) is 5.88. The topological polar surface area (TPSA) is 59.1 Å². The van der Waals surface area contributed by atoms with Crippen LogP contribution in [0.4, 0.5) is 15.3 Å². The molecule has 1 aliphatic heterocycles. The van der Waals surface area contributed by atoms with E-state index in [-0.39, 0.29) is 19.3 Å². The van der Waals surface area contributed by atoms with Crippen molar-refractivity contribution in [1.82, 2.24) is 4.90 Å². The Kier molecular flexibility index (Phi) is 7.49. The molecule has 0 spiro atoms. The van der Waals surface area contributed by atoms with E-state index in [1.54, 1.807) is 29.2 Å². The minimum Gasteiger partial charge on any atom is -0.445 e. The average molecular weight is 430 g/mol. The summed E-state index contributed by atoms with van der Waals surface area (Å²) in [4.78, 5) is 30.5. The summed E-state index contributed by atoms with van der Waals surface area (Å²) in [7, 11) is 0. The maximum atomic E-state index is 12.1. The lowest BCUT2D eigenvalue weighted by molar-refractivity contribution is 0.0991. The molecule has 0 aliphatic carbocycles. The van der Waals surface area contributed by atoms with Crippen molar-refractivity contribution in [3.8, 4) is 0 Å². The Morgan fingerprint density at radius 1 is 1.44 bits per heavy atom. The second-order valence-electron chi connectivity index (χ2n) is 5.22. The Morgan fingerprint density at radius 3 is 2.92 bits per heavy atom. The summed E-state index contributed by atoms with van der Waals surface area (Å²) in [6.07, 6.45) is 3.94. The van der Waals surface area contributed by atoms with Crippen molar-refractivity contribution in [2.45, 2.75) is 13.0 Å². The average Bonchev–Trinajstić information content (AvgIpc) is 2.60. The molecule has 0 unspecified atom stereocenters. The number of anilines is 1. The highest BCUT2D eigenvalue weighted by atomic mass is 79.9. The molecule has 0 saturated carbocycles. The molecule has 0 aromatic heterocycles. The lowest BCUT2D eigenvalue weighted by Crippen LogP contribution is -2.35. The molecule has 1 aliphatic rings. The Labute approximate surface area is 159 Å². The fraction of sp³-hybridized carbons (Fsp3) is 0.294. The highest BCUT2D eigenvalue weighted by Gasteiger charge is 2.19. The van der Waals surface area contributed by atoms with Gasteiger partial charge in [-0.3, -0.25) is 9.63 Å². The van der Waals surface area contributed by atoms with Crippen molar-refractivity contribution in [3.05, 3.63) is 53.0 Å². The lowest BCUT2D eigenvalue weighted by atomic mass is 10.2. The number of carbonyl (C=O) groups excluding carboxylic acids is 2. The standard InChI is InChI=1S/C17H18BrClN2O4/c1-2-9-25-21(16(19)22)15-7-3-5-13(10-15)12-24-17(23)20-8-4-6-14(18)11-20/h2-3,5-7,10H,1,4,8-9,11-12H2. The van der Waals surface area contributed by atoms with Gasteiger partial charge >= 0.3 is 11.5 Å². The molecule has 2 rings (SSSR count). The van der Waals surface area contributed by atoms with Crippen molar-refractivity contribution < 1.29 is 19.2 Å². The minimum atomic E-state index is -0.777. The highest BCUT2D eigenvalue weighted by molar-refractivity contribution is 9.11. The van der Waals surface area contributed by atoms with E-state index in [1.165, 1.54) is 6.08 Å². The predicted octanol–water partition coefficient (Wildman–Crippen LogP) is 4.59. The molecule has 0 radical (unpaired) electrons. The molecular weight excluding hydrogens is 412 g/mol. The lowest BCUT2D eigenvalue weighted by Gasteiger charge is -2.24. The van der Waals surface area contributed by atoms with Crippen LogP contribution in [-0.2, 0) is 16.2 Å². The van der Waals surface area contributed by atoms with E-state index in [4.69, 9.17) is 21.2 Å². The summed E-state index contributed by atoms with van der Waals surface area (Å²) in [5.74, 6) is 0. The van der Waals surface area contributed by atoms with Gasteiger partial charge in [0.25, 0.3) is 0 Å². The van der Waals surface area contributed by atoms with Gasteiger partial charge in [-0.1, -0.05) is 40.2 Å². The van der Waals surface area contributed by atoms with Gasteiger partial charge in [0, 0.05) is 11.0 Å². The molecule has 134 valence electrons. The number of benzene rings is 1. The first-order valence-electron chi connectivity index (χ1n) is 7.60. The zero-order valence-electron chi connectivity index (χ0n) is 13.5. The molecule has 0 N–H and O–H groups in total. The van der Waals surface area contributed by atoms with Gasteiger partial charge in [-0.2, -0.15) is 5.06 Å². The van der Waals surface area contributed by atoms with Crippen LogP contribution >= 0.6 is 27.5 Å². The van der Waals surface area contributed by atoms with Crippen LogP contribution in [0.1, 0.15) is 12.0 Å². The molecule has 0 saturated heterocycles. The fourth-order valence-corrected chi connectivity index (χ4v) is 2.90. The molecule has 2 amide bonds. The quantitative estimate of drug-likeness (QED) is 0.287. The van der Waals surface area contributed by atoms with Crippen molar-refractivity contribution in [1.29, 1.82) is 0 Å². The van der Waals surface area contributed by atoms with Gasteiger partial charge in [-0.25, -0.2) is 4.79 Å². The number of rotatable bonds is 6. The molecule has 1 aromatic carbocycles. The summed E-state index contributed by atoms with van der Waals surface area (Å²) < 4.78 is 6.30. The van der Waals surface area contributed by atoms with Gasteiger partial charge in [-0.15, -0.1) is 6.58 Å². The normalized spacial score (nSPS) is 13.8. The summed E-state index contributed by atoms with van der Waals surface area (Å²) in [5, 5.41) is 0.183. The van der Waals surface area contributed by atoms with Crippen molar-refractivity contribution in [2.75, 3.05) is 24.8 Å².